The van der Waals surface area contributed by atoms with Crippen LogP contribution in [0.5, 0.6) is 0 Å². The highest BCUT2D eigenvalue weighted by Gasteiger charge is 2.16. The highest BCUT2D eigenvalue weighted by Crippen LogP contribution is 2.20. The zero-order valence-electron chi connectivity index (χ0n) is 39.3. The van der Waals surface area contributed by atoms with Crippen LogP contribution in [-0.4, -0.2) is 94.0 Å². The molecule has 2 saturated heterocycles. The summed E-state index contributed by atoms with van der Waals surface area (Å²) in [7, 11) is 1.74. The van der Waals surface area contributed by atoms with E-state index in [2.05, 4.69) is 112 Å². The van der Waals surface area contributed by atoms with E-state index in [1.165, 1.54) is 32.2 Å². The molecule has 2 aliphatic heterocycles. The summed E-state index contributed by atoms with van der Waals surface area (Å²) < 4.78 is 15.4. The molecule has 2 fully saturated rings. The van der Waals surface area contributed by atoms with Gasteiger partial charge in [-0.2, -0.15) is 0 Å². The normalized spacial score (nSPS) is 14.8. The quantitative estimate of drug-likeness (QED) is 0.161. The number of nitrogens with zero attached hydrogens (tertiary/aromatic N) is 1. The van der Waals surface area contributed by atoms with Crippen molar-refractivity contribution >= 4 is 6.03 Å². The first-order chi connectivity index (χ1) is 24.4. The summed E-state index contributed by atoms with van der Waals surface area (Å²) in [4.78, 5) is 13.7. The molecule has 2 aliphatic rings. The van der Waals surface area contributed by atoms with Crippen molar-refractivity contribution in [2.45, 2.75) is 219 Å². The third-order valence-corrected chi connectivity index (χ3v) is 8.50. The summed E-state index contributed by atoms with van der Waals surface area (Å²) >= 11 is 0. The highest BCUT2D eigenvalue weighted by atomic mass is 16.5. The number of morpholine rings is 1. The number of hydrogen-bond acceptors (Lipinski definition) is 6. The van der Waals surface area contributed by atoms with Gasteiger partial charge in [-0.15, -0.1) is 0 Å². The largest absolute Gasteiger partial charge is 0.393 e. The van der Waals surface area contributed by atoms with Gasteiger partial charge in [0, 0.05) is 52.1 Å². The average molecular weight is 859 g/mol. The van der Waals surface area contributed by atoms with E-state index in [1.807, 2.05) is 27.7 Å². The number of ether oxygens (including phenoxy) is 3. The molecule has 2 atom stereocenters. The number of amides is 2. The number of aliphatic hydroxyl groups excluding tert-OH is 1. The Morgan fingerprint density at radius 3 is 1.41 bits per heavy atom. The summed E-state index contributed by atoms with van der Waals surface area (Å²) in [6.07, 6.45) is 6.95. The van der Waals surface area contributed by atoms with Crippen molar-refractivity contribution < 1.29 is 24.1 Å². The van der Waals surface area contributed by atoms with E-state index in [-0.39, 0.29) is 62.2 Å². The fourth-order valence-electron chi connectivity index (χ4n) is 4.60. The van der Waals surface area contributed by atoms with Crippen LogP contribution in [0.4, 0.5) is 4.79 Å². The first-order valence-electron chi connectivity index (χ1n) is 21.5. The minimum Gasteiger partial charge on any atom is -0.393 e. The minimum absolute atomic E-state index is 0. The van der Waals surface area contributed by atoms with E-state index < -0.39 is 0 Å². The second-order valence-electron chi connectivity index (χ2n) is 19.0. The first kappa shape index (κ1) is 81.9. The van der Waals surface area contributed by atoms with Crippen LogP contribution in [0.15, 0.2) is 0 Å². The molecular formula is C51H123N3O5. The van der Waals surface area contributed by atoms with Crippen LogP contribution in [0.25, 0.3) is 0 Å². The fourth-order valence-corrected chi connectivity index (χ4v) is 4.60. The first-order valence-corrected chi connectivity index (χ1v) is 21.5. The Balaban J connectivity index is -0.0000000610. The second kappa shape index (κ2) is 53.2. The van der Waals surface area contributed by atoms with Crippen LogP contribution in [-0.2, 0) is 14.2 Å². The van der Waals surface area contributed by atoms with Gasteiger partial charge in [-0.25, -0.2) is 4.79 Å². The van der Waals surface area contributed by atoms with Gasteiger partial charge < -0.3 is 30.0 Å². The van der Waals surface area contributed by atoms with Gasteiger partial charge in [0.1, 0.15) is 0 Å². The molecule has 0 aromatic carbocycles. The number of carbonyl (C=O) groups is 1. The minimum atomic E-state index is -0.151. The van der Waals surface area contributed by atoms with Crippen LogP contribution in [0.3, 0.4) is 0 Å². The molecule has 3 N–H and O–H groups in total. The fraction of sp³-hybridized carbons (Fsp3) is 0.980. The molecule has 372 valence electrons. The molecule has 0 aromatic heterocycles. The standard InChI is InChI=1S/C10H22N2O.C9H19NO.C8H16O.2C6H14O.C6H14.6CH4/c1-8(2)6-7-11-9(13)12-10(3,4)5;1-9(2)3-4-10-5-7-11-8-6-10;1-7(2)5-8-3-4-9-6-8;1-6(2)4-5-7-3;1-5(2)4-6(3)7;1-5(2)6(3)4;;;;;;/h8H,6-7H2,1-5H3,(H2,11,12,13);9H,3-8H2,1-2H3;7-8H,3-6H2,1-2H3;6H,4-5H2,1-3H3;5-7H,4H2,1-3H3;5-6H,1-4H3;6*1H4. The number of hydrogen-bond donors (Lipinski definition) is 3. The lowest BCUT2D eigenvalue weighted by atomic mass is 9.97. The molecule has 8 heteroatoms. The van der Waals surface area contributed by atoms with Crippen LogP contribution in [0, 0.1) is 47.3 Å². The second-order valence-corrected chi connectivity index (χ2v) is 19.0. The Kier molecular flexibility index (Phi) is 73.8. The van der Waals surface area contributed by atoms with E-state index in [9.17, 15) is 4.79 Å². The molecule has 0 bridgehead atoms. The van der Waals surface area contributed by atoms with E-state index in [0.717, 1.165) is 101 Å². The van der Waals surface area contributed by atoms with Crippen LogP contribution < -0.4 is 10.6 Å². The number of methoxy groups -OCH3 is 1. The molecular weight excluding hydrogens is 735 g/mol. The SMILES string of the molecule is C.C.C.C.C.C.CC(C)C(C)C.CC(C)CC(C)O.CC(C)CC1CCOC1.CC(C)CCN1CCOCC1.CC(C)CCNC(=O)NC(C)(C)C.COCCC(C)C. The maximum absolute atomic E-state index is 11.2. The molecule has 2 rings (SSSR count). The molecule has 0 radical (unpaired) electrons. The molecule has 2 heterocycles. The number of carbonyl (C=O) groups excluding carboxylic acids is 1. The number of aliphatic hydroxyl groups is 1. The third-order valence-electron chi connectivity index (χ3n) is 8.50. The summed E-state index contributed by atoms with van der Waals surface area (Å²) in [6, 6.07) is -0.0758. The molecule has 0 aliphatic carbocycles. The Hall–Kier alpha value is -0.930. The van der Waals surface area contributed by atoms with Gasteiger partial charge >= 0.3 is 6.03 Å². The Bertz CT molecular complexity index is 726. The summed E-state index contributed by atoms with van der Waals surface area (Å²) in [5, 5.41) is 14.4. The maximum Gasteiger partial charge on any atom is 0.315 e. The molecule has 0 saturated carbocycles. The van der Waals surface area contributed by atoms with E-state index >= 15 is 0 Å². The van der Waals surface area contributed by atoms with E-state index in [4.69, 9.17) is 19.3 Å². The number of nitrogens with one attached hydrogen (secondary N) is 2. The number of rotatable bonds is 14. The Morgan fingerprint density at radius 2 is 1.14 bits per heavy atom. The summed E-state index contributed by atoms with van der Waals surface area (Å²) in [5.41, 5.74) is -0.151. The lowest BCUT2D eigenvalue weighted by molar-refractivity contribution is 0.0360. The molecule has 59 heavy (non-hydrogen) atoms. The maximum atomic E-state index is 11.2. The monoisotopic (exact) mass is 858 g/mol. The van der Waals surface area contributed by atoms with E-state index in [0.29, 0.717) is 11.8 Å². The van der Waals surface area contributed by atoms with Crippen molar-refractivity contribution in [3.05, 3.63) is 0 Å². The van der Waals surface area contributed by atoms with E-state index in [1.54, 1.807) is 7.11 Å². The Morgan fingerprint density at radius 1 is 0.678 bits per heavy atom. The van der Waals surface area contributed by atoms with Gasteiger partial charge in [-0.05, 0) is 120 Å². The average Bonchev–Trinajstić information content (AvgIpc) is 3.52. The Labute approximate surface area is 377 Å². The van der Waals surface area contributed by atoms with Crippen molar-refractivity contribution in [3.8, 4) is 0 Å². The molecule has 0 spiro atoms. The van der Waals surface area contributed by atoms with Crippen molar-refractivity contribution in [1.29, 1.82) is 0 Å². The molecule has 8 nitrogen and oxygen atoms in total. The van der Waals surface area contributed by atoms with Crippen molar-refractivity contribution in [1.82, 2.24) is 15.5 Å². The third kappa shape index (κ3) is 81.5. The zero-order valence-corrected chi connectivity index (χ0v) is 39.3. The predicted octanol–water partition coefficient (Wildman–Crippen LogP) is 14.8. The predicted molar refractivity (Wildman–Crippen MR) is 273 cm³/mol. The molecule has 0 aromatic rings. The molecule has 2 unspecified atom stereocenters. The topological polar surface area (TPSA) is 92.3 Å². The highest BCUT2D eigenvalue weighted by molar-refractivity contribution is 5.74. The van der Waals surface area contributed by atoms with Gasteiger partial charge in [0.05, 0.1) is 19.3 Å². The van der Waals surface area contributed by atoms with Crippen LogP contribution >= 0.6 is 0 Å². The lowest BCUT2D eigenvalue weighted by Crippen LogP contribution is -2.46. The van der Waals surface area contributed by atoms with Gasteiger partial charge in [0.25, 0.3) is 0 Å². The van der Waals surface area contributed by atoms with Crippen molar-refractivity contribution in [3.63, 3.8) is 0 Å². The lowest BCUT2D eigenvalue weighted by Gasteiger charge is -2.26. The smallest absolute Gasteiger partial charge is 0.315 e. The summed E-state index contributed by atoms with van der Waals surface area (Å²) in [6.45, 7) is 47.7. The van der Waals surface area contributed by atoms with Crippen LogP contribution in [0.1, 0.15) is 208 Å². The van der Waals surface area contributed by atoms with Crippen LogP contribution in [0.2, 0.25) is 0 Å². The van der Waals surface area contributed by atoms with Gasteiger partial charge in [-0.3, -0.25) is 4.90 Å². The van der Waals surface area contributed by atoms with Crippen molar-refractivity contribution in [2.75, 3.05) is 66.3 Å². The van der Waals surface area contributed by atoms with Gasteiger partial charge in [0.15, 0.2) is 0 Å². The summed E-state index contributed by atoms with van der Waals surface area (Å²) in [5.74, 6) is 6.28. The van der Waals surface area contributed by atoms with Gasteiger partial charge in [0.2, 0.25) is 0 Å². The number of urea groups is 1. The van der Waals surface area contributed by atoms with Crippen molar-refractivity contribution in [2.24, 2.45) is 47.3 Å². The molecule has 2 amide bonds. The van der Waals surface area contributed by atoms with Gasteiger partial charge in [-0.1, -0.05) is 141 Å². The zero-order chi connectivity index (χ0) is 42.0.